The molecule has 2 heterocycles. The highest BCUT2D eigenvalue weighted by Gasteiger charge is 2.38. The van der Waals surface area contributed by atoms with Gasteiger partial charge in [0.1, 0.15) is 0 Å². The fraction of sp³-hybridized carbons (Fsp3) is 0.952. The van der Waals surface area contributed by atoms with Crippen molar-refractivity contribution in [1.82, 2.24) is 20.0 Å². The molecule has 156 valence electrons. The molecule has 6 heteroatoms. The first-order valence-corrected chi connectivity index (χ1v) is 12.0. The number of aliphatic imine (C=N–C) groups is 1. The Hall–Kier alpha value is -0.460. The maximum Gasteiger partial charge on any atom is 0.193 e. The lowest BCUT2D eigenvalue weighted by molar-refractivity contribution is 0.0895. The van der Waals surface area contributed by atoms with E-state index in [1.165, 1.54) is 70.6 Å². The lowest BCUT2D eigenvalue weighted by Gasteiger charge is -2.46. The van der Waals surface area contributed by atoms with Gasteiger partial charge in [0.15, 0.2) is 5.96 Å². The quantitative estimate of drug-likeness (QED) is 0.585. The largest absolute Gasteiger partial charge is 0.355 e. The van der Waals surface area contributed by atoms with E-state index in [-0.39, 0.29) is 0 Å². The van der Waals surface area contributed by atoms with Crippen molar-refractivity contribution in [2.45, 2.75) is 56.7 Å². The van der Waals surface area contributed by atoms with E-state index in [0.29, 0.717) is 16.7 Å². The second-order valence-corrected chi connectivity index (χ2v) is 10.7. The molecule has 3 rings (SSSR count). The first-order chi connectivity index (χ1) is 13.0. The summed E-state index contributed by atoms with van der Waals surface area (Å²) in [4.78, 5) is 12.3. The van der Waals surface area contributed by atoms with Crippen LogP contribution in [0.25, 0.3) is 0 Å². The number of thioether (sulfide) groups is 1. The van der Waals surface area contributed by atoms with E-state index in [1.807, 2.05) is 7.05 Å². The van der Waals surface area contributed by atoms with Crippen LogP contribution in [0.5, 0.6) is 0 Å². The van der Waals surface area contributed by atoms with E-state index in [9.17, 15) is 0 Å². The van der Waals surface area contributed by atoms with Crippen LogP contribution in [-0.4, -0.2) is 97.1 Å². The second-order valence-electron chi connectivity index (χ2n) is 9.09. The van der Waals surface area contributed by atoms with Crippen LogP contribution in [0.2, 0.25) is 0 Å². The van der Waals surface area contributed by atoms with Crippen molar-refractivity contribution in [3.05, 3.63) is 0 Å². The molecule has 0 aromatic heterocycles. The monoisotopic (exact) mass is 395 g/mol. The van der Waals surface area contributed by atoms with Crippen LogP contribution in [-0.2, 0) is 0 Å². The highest BCUT2D eigenvalue weighted by molar-refractivity contribution is 8.00. The van der Waals surface area contributed by atoms with Crippen molar-refractivity contribution >= 4 is 17.7 Å². The zero-order valence-electron chi connectivity index (χ0n) is 18.0. The van der Waals surface area contributed by atoms with Crippen molar-refractivity contribution in [3.63, 3.8) is 0 Å². The number of likely N-dealkylation sites (N-methyl/N-ethyl adjacent to an activating group) is 1. The average molecular weight is 396 g/mol. The van der Waals surface area contributed by atoms with E-state index in [4.69, 9.17) is 0 Å². The molecule has 1 aliphatic carbocycles. The van der Waals surface area contributed by atoms with Gasteiger partial charge in [0, 0.05) is 69.4 Å². The van der Waals surface area contributed by atoms with E-state index in [0.717, 1.165) is 19.0 Å². The molecule has 0 radical (unpaired) electrons. The first-order valence-electron chi connectivity index (χ1n) is 11.1. The lowest BCUT2D eigenvalue weighted by Crippen LogP contribution is -2.57. The Bertz CT molecular complexity index is 475. The second kappa shape index (κ2) is 9.84. The molecule has 2 saturated heterocycles. The molecule has 1 spiro atoms. The molecule has 2 aliphatic heterocycles. The zero-order chi connectivity index (χ0) is 19.3. The summed E-state index contributed by atoms with van der Waals surface area (Å²) in [6.45, 7) is 12.8. The summed E-state index contributed by atoms with van der Waals surface area (Å²) in [5, 5.41) is 3.76. The normalized spacial score (nSPS) is 26.6. The fourth-order valence-electron chi connectivity index (χ4n) is 4.99. The molecular formula is C21H41N5S. The van der Waals surface area contributed by atoms with Crippen LogP contribution in [0.1, 0.15) is 46.0 Å². The molecule has 0 bridgehead atoms. The van der Waals surface area contributed by atoms with E-state index < -0.39 is 0 Å². The summed E-state index contributed by atoms with van der Waals surface area (Å²) in [7, 11) is 4.19. The minimum Gasteiger partial charge on any atom is -0.355 e. The van der Waals surface area contributed by atoms with Gasteiger partial charge in [-0.25, -0.2) is 0 Å². The minimum atomic E-state index is 0.489. The number of nitrogens with zero attached hydrogens (tertiary/aromatic N) is 4. The summed E-state index contributed by atoms with van der Waals surface area (Å²) in [6.07, 6.45) is 7.02. The standard InChI is InChI=1S/C21H41N5S/c1-18(2)19(25-12-10-24(4)11-13-25)16-23-20(22-3)26-14-15-27-21(17-26)8-6-5-7-9-21/h18-19H,5-17H2,1-4H3,(H,22,23). The predicted molar refractivity (Wildman–Crippen MR) is 119 cm³/mol. The molecule has 3 fully saturated rings. The molecule has 1 N–H and O–H groups in total. The van der Waals surface area contributed by atoms with Gasteiger partial charge in [0.25, 0.3) is 0 Å². The van der Waals surface area contributed by atoms with Gasteiger partial charge in [0.2, 0.25) is 0 Å². The van der Waals surface area contributed by atoms with Crippen LogP contribution in [0.4, 0.5) is 0 Å². The molecule has 5 nitrogen and oxygen atoms in total. The molecule has 3 aliphatic rings. The Balaban J connectivity index is 1.57. The van der Waals surface area contributed by atoms with Gasteiger partial charge in [-0.3, -0.25) is 9.89 Å². The number of nitrogens with one attached hydrogen (secondary N) is 1. The van der Waals surface area contributed by atoms with Crippen molar-refractivity contribution in [2.75, 3.05) is 65.7 Å². The summed E-state index contributed by atoms with van der Waals surface area (Å²) in [5.41, 5.74) is 0. The number of guanidine groups is 1. The van der Waals surface area contributed by atoms with Gasteiger partial charge < -0.3 is 15.1 Å². The van der Waals surface area contributed by atoms with Crippen molar-refractivity contribution < 1.29 is 0 Å². The minimum absolute atomic E-state index is 0.489. The molecular weight excluding hydrogens is 354 g/mol. The highest BCUT2D eigenvalue weighted by Crippen LogP contribution is 2.42. The van der Waals surface area contributed by atoms with Crippen molar-refractivity contribution in [3.8, 4) is 0 Å². The van der Waals surface area contributed by atoms with E-state index in [1.54, 1.807) is 0 Å². The van der Waals surface area contributed by atoms with Crippen LogP contribution >= 0.6 is 11.8 Å². The summed E-state index contributed by atoms with van der Waals surface area (Å²) in [6, 6.07) is 0.582. The maximum absolute atomic E-state index is 4.67. The number of rotatable bonds is 4. The molecule has 0 aromatic carbocycles. The number of hydrogen-bond donors (Lipinski definition) is 1. The van der Waals surface area contributed by atoms with Gasteiger partial charge in [-0.2, -0.15) is 11.8 Å². The summed E-state index contributed by atoms with van der Waals surface area (Å²) >= 11 is 2.23. The average Bonchev–Trinajstić information content (AvgIpc) is 2.67. The third kappa shape index (κ3) is 5.54. The Morgan fingerprint density at radius 1 is 1.07 bits per heavy atom. The third-order valence-corrected chi connectivity index (χ3v) is 8.31. The topological polar surface area (TPSA) is 34.1 Å². The number of hydrogen-bond acceptors (Lipinski definition) is 4. The fourth-order valence-corrected chi connectivity index (χ4v) is 6.56. The molecule has 0 amide bonds. The lowest BCUT2D eigenvalue weighted by atomic mass is 9.87. The Morgan fingerprint density at radius 3 is 2.41 bits per heavy atom. The molecule has 27 heavy (non-hydrogen) atoms. The molecule has 1 atom stereocenters. The van der Waals surface area contributed by atoms with E-state index >= 15 is 0 Å². The summed E-state index contributed by atoms with van der Waals surface area (Å²) in [5.74, 6) is 3.02. The van der Waals surface area contributed by atoms with Crippen molar-refractivity contribution in [1.29, 1.82) is 0 Å². The maximum atomic E-state index is 4.67. The summed E-state index contributed by atoms with van der Waals surface area (Å²) < 4.78 is 0.489. The van der Waals surface area contributed by atoms with Crippen molar-refractivity contribution in [2.24, 2.45) is 10.9 Å². The van der Waals surface area contributed by atoms with Gasteiger partial charge in [0.05, 0.1) is 0 Å². The zero-order valence-corrected chi connectivity index (χ0v) is 18.9. The molecule has 0 aromatic rings. The Morgan fingerprint density at radius 2 is 1.78 bits per heavy atom. The van der Waals surface area contributed by atoms with Crippen LogP contribution in [0.15, 0.2) is 4.99 Å². The van der Waals surface area contributed by atoms with Crippen LogP contribution in [0.3, 0.4) is 0 Å². The van der Waals surface area contributed by atoms with Gasteiger partial charge >= 0.3 is 0 Å². The van der Waals surface area contributed by atoms with Gasteiger partial charge in [-0.05, 0) is 25.8 Å². The highest BCUT2D eigenvalue weighted by atomic mass is 32.2. The number of piperazine rings is 1. The van der Waals surface area contributed by atoms with Crippen LogP contribution < -0.4 is 5.32 Å². The van der Waals surface area contributed by atoms with Gasteiger partial charge in [-0.15, -0.1) is 0 Å². The predicted octanol–water partition coefficient (Wildman–Crippen LogP) is 2.59. The first kappa shape index (κ1) is 21.3. The smallest absolute Gasteiger partial charge is 0.193 e. The third-order valence-electron chi connectivity index (χ3n) is 6.77. The van der Waals surface area contributed by atoms with Crippen LogP contribution in [0, 0.1) is 5.92 Å². The van der Waals surface area contributed by atoms with E-state index in [2.05, 4.69) is 57.7 Å². The SMILES string of the molecule is CN=C(NCC(C(C)C)N1CCN(C)CC1)N1CCSC2(CCCCC2)C1. The molecule has 1 saturated carbocycles. The molecule has 1 unspecified atom stereocenters. The Labute approximate surface area is 171 Å². The van der Waals surface area contributed by atoms with Gasteiger partial charge in [-0.1, -0.05) is 33.1 Å². The Kier molecular flexibility index (Phi) is 7.74.